The van der Waals surface area contributed by atoms with E-state index in [0.29, 0.717) is 0 Å². The second kappa shape index (κ2) is 15.7. The smallest absolute Gasteiger partial charge is 1.00 e. The summed E-state index contributed by atoms with van der Waals surface area (Å²) in [6, 6.07) is 0. The van der Waals surface area contributed by atoms with E-state index >= 15 is 0 Å². The molecule has 0 heterocycles. The number of hydrogen-bond donors (Lipinski definition) is 0. The van der Waals surface area contributed by atoms with Crippen molar-refractivity contribution in [3.05, 3.63) is 0 Å². The molecule has 0 bridgehead atoms. The Morgan fingerprint density at radius 2 is 1.29 bits per heavy atom. The average molecular weight is 155 g/mol. The predicted octanol–water partition coefficient (Wildman–Crippen LogP) is -6.82. The molecule has 0 aliphatic carbocycles. The molecule has 0 amide bonds. The summed E-state index contributed by atoms with van der Waals surface area (Å²) in [5.74, 6) is 0. The summed E-state index contributed by atoms with van der Waals surface area (Å²) in [7, 11) is -0.611. The van der Waals surface area contributed by atoms with Gasteiger partial charge in [0, 0.05) is 23.3 Å². The van der Waals surface area contributed by atoms with Crippen molar-refractivity contribution in [1.29, 1.82) is 0 Å². The fraction of sp³-hybridized carbons (Fsp3) is 1.00. The molecule has 0 saturated heterocycles. The molecule has 0 rings (SSSR count). The molecular weight excluding hydrogens is 147 g/mol. The first-order chi connectivity index (χ1) is 1.73. The zero-order valence-corrected chi connectivity index (χ0v) is 8.27. The van der Waals surface area contributed by atoms with Gasteiger partial charge in [-0.1, -0.05) is 0 Å². The molecule has 5 heteroatoms. The molecule has 0 aromatic heterocycles. The summed E-state index contributed by atoms with van der Waals surface area (Å²) < 4.78 is 9.56. The van der Waals surface area contributed by atoms with Crippen LogP contribution in [0.2, 0.25) is 0 Å². The fourth-order valence-corrected chi connectivity index (χ4v) is 0. The molecule has 2 nitrogen and oxygen atoms in total. The van der Waals surface area contributed by atoms with Crippen LogP contribution in [0.4, 0.5) is 0 Å². The van der Waals surface area contributed by atoms with Gasteiger partial charge in [0.05, 0.1) is 0 Å². The minimum atomic E-state index is -0.611. The van der Waals surface area contributed by atoms with Crippen molar-refractivity contribution in [2.24, 2.45) is 0 Å². The second-order valence-electron chi connectivity index (χ2n) is 0.742. The van der Waals surface area contributed by atoms with E-state index in [1.54, 1.807) is 12.5 Å². The topological polar surface area (TPSA) is 48.6 Å². The monoisotopic (exact) mass is 154 g/mol. The van der Waals surface area contributed by atoms with Crippen LogP contribution in [-0.2, 0) is 10.8 Å². The van der Waals surface area contributed by atoms with Crippen LogP contribution < -0.4 is 42.0 Å². The van der Waals surface area contributed by atoms with Crippen LogP contribution in [0.1, 0.15) is 0 Å². The average Bonchev–Trinajstić information content (AvgIpc) is 0.811. The summed E-state index contributed by atoms with van der Waals surface area (Å²) in [5.41, 5.74) is 0. The molecule has 0 spiro atoms. The molecule has 2 N–H and O–H groups in total. The zero-order chi connectivity index (χ0) is 3.58. The van der Waals surface area contributed by atoms with Gasteiger partial charge in [-0.25, -0.2) is 0 Å². The van der Waals surface area contributed by atoms with E-state index in [1.165, 1.54) is 0 Å². The van der Waals surface area contributed by atoms with Crippen molar-refractivity contribution in [2.75, 3.05) is 12.5 Å². The summed E-state index contributed by atoms with van der Waals surface area (Å²) in [5, 5.41) is 0. The van der Waals surface area contributed by atoms with Crippen molar-refractivity contribution in [1.82, 2.24) is 0 Å². The minimum Gasteiger partial charge on any atom is -1.00 e. The molecule has 0 aliphatic heterocycles. The van der Waals surface area contributed by atoms with E-state index in [1.807, 2.05) is 0 Å². The van der Waals surface area contributed by atoms with Crippen molar-refractivity contribution in [3.63, 3.8) is 0 Å². The van der Waals surface area contributed by atoms with Gasteiger partial charge in [0.15, 0.2) is 0 Å². The first-order valence-electron chi connectivity index (χ1n) is 0.983. The van der Waals surface area contributed by atoms with Gasteiger partial charge in [-0.05, 0) is 0 Å². The molecule has 0 aromatic carbocycles. The van der Waals surface area contributed by atoms with Crippen molar-refractivity contribution in [3.8, 4) is 0 Å². The summed E-state index contributed by atoms with van der Waals surface area (Å²) in [6.45, 7) is 0. The Morgan fingerprint density at radius 1 is 1.29 bits per heavy atom. The van der Waals surface area contributed by atoms with E-state index in [0.717, 1.165) is 0 Å². The van der Waals surface area contributed by atoms with Crippen molar-refractivity contribution < 1.29 is 51.6 Å². The van der Waals surface area contributed by atoms with Gasteiger partial charge in [-0.15, -0.1) is 0 Å². The van der Waals surface area contributed by atoms with Crippen molar-refractivity contribution in [2.45, 2.75) is 0 Å². The molecule has 0 saturated carbocycles. The minimum absolute atomic E-state index is 0. The third-order valence-corrected chi connectivity index (χ3v) is 0. The summed E-state index contributed by atoms with van der Waals surface area (Å²) in [4.78, 5) is 0. The number of halogens is 1. The Morgan fingerprint density at radius 3 is 1.29 bits per heavy atom. The Labute approximate surface area is 74.5 Å². The molecule has 0 atom stereocenters. The first kappa shape index (κ1) is 23.8. The molecule has 0 unspecified atom stereocenters. The Kier molecular flexibility index (Phi) is 53.1. The van der Waals surface area contributed by atoms with E-state index in [9.17, 15) is 4.21 Å². The molecule has 7 heavy (non-hydrogen) atoms. The molecule has 42 valence electrons. The van der Waals surface area contributed by atoms with Gasteiger partial charge < -0.3 is 17.9 Å². The van der Waals surface area contributed by atoms with Gasteiger partial charge in [0.2, 0.25) is 0 Å². The maximum atomic E-state index is 9.56. The molecule has 0 radical (unpaired) electrons. The van der Waals surface area contributed by atoms with Crippen LogP contribution in [-0.4, -0.2) is 22.2 Å². The third-order valence-electron chi connectivity index (χ3n) is 0. The van der Waals surface area contributed by atoms with E-state index in [4.69, 9.17) is 0 Å². The van der Waals surface area contributed by atoms with Gasteiger partial charge in [-0.3, -0.25) is 4.21 Å². The van der Waals surface area contributed by atoms with Crippen LogP contribution in [0.5, 0.6) is 0 Å². The van der Waals surface area contributed by atoms with E-state index < -0.39 is 10.8 Å². The van der Waals surface area contributed by atoms with Gasteiger partial charge in [-0.2, -0.15) is 0 Å². The van der Waals surface area contributed by atoms with Gasteiger partial charge in [0.25, 0.3) is 0 Å². The van der Waals surface area contributed by atoms with Crippen LogP contribution >= 0.6 is 0 Å². The molecule has 0 aromatic rings. The van der Waals surface area contributed by atoms with E-state index in [2.05, 4.69) is 0 Å². The summed E-state index contributed by atoms with van der Waals surface area (Å²) in [6.07, 6.45) is 3.28. The number of rotatable bonds is 0. The third kappa shape index (κ3) is 110. The maximum absolute atomic E-state index is 9.56. The number of hydrogen-bond acceptors (Lipinski definition) is 1. The maximum Gasteiger partial charge on any atom is 1.00 e. The predicted molar refractivity (Wildman–Crippen MR) is 23.6 cm³/mol. The largest absolute Gasteiger partial charge is 1.00 e. The first-order valence-corrected chi connectivity index (χ1v) is 2.95. The normalized spacial score (nSPS) is 5.00. The SMILES string of the molecule is CS(C)=O.O.[Cl-].[Na+]. The molecule has 0 aliphatic rings. The zero-order valence-electron chi connectivity index (χ0n) is 4.69. The molecule has 0 fully saturated rings. The molecular formula is C2H8ClNaO2S. The van der Waals surface area contributed by atoms with Crippen LogP contribution in [0.3, 0.4) is 0 Å². The Bertz CT molecular complexity index is 38.7. The van der Waals surface area contributed by atoms with E-state index in [-0.39, 0.29) is 47.4 Å². The fourth-order valence-electron chi connectivity index (χ4n) is 0. The van der Waals surface area contributed by atoms with Crippen LogP contribution in [0, 0.1) is 0 Å². The standard InChI is InChI=1S/C2H6OS.ClH.Na.H2O/c1-4(2)3;;;/h1-2H3;1H;;1H2/q;;+1;/p-1. The van der Waals surface area contributed by atoms with Crippen LogP contribution in [0.25, 0.3) is 0 Å². The second-order valence-corrected chi connectivity index (χ2v) is 2.22. The summed E-state index contributed by atoms with van der Waals surface area (Å²) >= 11 is 0. The van der Waals surface area contributed by atoms with Gasteiger partial charge in [0.1, 0.15) is 0 Å². The van der Waals surface area contributed by atoms with Crippen molar-refractivity contribution >= 4 is 10.8 Å². The Hall–Kier alpha value is 1.40. The Balaban J connectivity index is -0.0000000150. The quantitative estimate of drug-likeness (QED) is 0.320. The van der Waals surface area contributed by atoms with Gasteiger partial charge >= 0.3 is 29.6 Å². The van der Waals surface area contributed by atoms with Crippen LogP contribution in [0.15, 0.2) is 0 Å².